The smallest absolute Gasteiger partial charge is 0.251 e. The first-order valence-electron chi connectivity index (χ1n) is 5.43. The van der Waals surface area contributed by atoms with Gasteiger partial charge in [0.25, 0.3) is 5.91 Å². The molecule has 0 aliphatic carbocycles. The summed E-state index contributed by atoms with van der Waals surface area (Å²) in [6.45, 7) is 5.55. The average molecular weight is 234 g/mol. The summed E-state index contributed by atoms with van der Waals surface area (Å²) in [5, 5.41) is 2.85. The minimum absolute atomic E-state index is 0.0485. The Kier molecular flexibility index (Phi) is 4.57. The van der Waals surface area contributed by atoms with Gasteiger partial charge in [0, 0.05) is 23.4 Å². The standard InChI is InChI=1S/C13H18N2O2/c1-4-5-9(2)15-13(16)10-6-11(14)8-12(7-10)17-3/h4,6-9H,1,5,14H2,2-3H3,(H,15,16). The molecule has 1 aromatic carbocycles. The summed E-state index contributed by atoms with van der Waals surface area (Å²) in [6.07, 6.45) is 2.50. The van der Waals surface area contributed by atoms with Crippen LogP contribution in [0.25, 0.3) is 0 Å². The van der Waals surface area contributed by atoms with E-state index in [2.05, 4.69) is 11.9 Å². The Labute approximate surface area is 101 Å². The Balaban J connectivity index is 2.81. The zero-order chi connectivity index (χ0) is 12.8. The molecule has 0 saturated heterocycles. The number of amides is 1. The van der Waals surface area contributed by atoms with Gasteiger partial charge in [0.15, 0.2) is 0 Å². The van der Waals surface area contributed by atoms with Gasteiger partial charge < -0.3 is 15.8 Å². The molecule has 92 valence electrons. The van der Waals surface area contributed by atoms with Crippen molar-refractivity contribution in [2.24, 2.45) is 0 Å². The van der Waals surface area contributed by atoms with Crippen molar-refractivity contribution in [3.8, 4) is 5.75 Å². The molecule has 0 saturated carbocycles. The van der Waals surface area contributed by atoms with Gasteiger partial charge in [0.2, 0.25) is 0 Å². The van der Waals surface area contributed by atoms with Crippen molar-refractivity contribution in [2.45, 2.75) is 19.4 Å². The van der Waals surface area contributed by atoms with Crippen molar-refractivity contribution in [1.29, 1.82) is 0 Å². The maximum absolute atomic E-state index is 11.9. The first-order valence-corrected chi connectivity index (χ1v) is 5.43. The summed E-state index contributed by atoms with van der Waals surface area (Å²) in [7, 11) is 1.54. The minimum atomic E-state index is -0.162. The summed E-state index contributed by atoms with van der Waals surface area (Å²) in [5.41, 5.74) is 6.69. The second kappa shape index (κ2) is 5.94. The predicted octanol–water partition coefficient (Wildman–Crippen LogP) is 1.97. The molecule has 17 heavy (non-hydrogen) atoms. The lowest BCUT2D eigenvalue weighted by atomic mass is 10.1. The Morgan fingerprint density at radius 2 is 2.29 bits per heavy atom. The first kappa shape index (κ1) is 13.1. The number of nitrogens with two attached hydrogens (primary N) is 1. The van der Waals surface area contributed by atoms with E-state index in [9.17, 15) is 4.79 Å². The molecule has 1 amide bonds. The SMILES string of the molecule is C=CCC(C)NC(=O)c1cc(N)cc(OC)c1. The number of carbonyl (C=O) groups excluding carboxylic acids is 1. The van der Waals surface area contributed by atoms with Gasteiger partial charge in [-0.15, -0.1) is 6.58 Å². The monoisotopic (exact) mass is 234 g/mol. The fourth-order valence-electron chi connectivity index (χ4n) is 1.49. The number of methoxy groups -OCH3 is 1. The van der Waals surface area contributed by atoms with Crippen molar-refractivity contribution in [1.82, 2.24) is 5.32 Å². The lowest BCUT2D eigenvalue weighted by Gasteiger charge is -2.12. The molecule has 0 fully saturated rings. The number of anilines is 1. The van der Waals surface area contributed by atoms with E-state index in [4.69, 9.17) is 10.5 Å². The van der Waals surface area contributed by atoms with Crippen LogP contribution in [0.15, 0.2) is 30.9 Å². The highest BCUT2D eigenvalue weighted by molar-refractivity contribution is 5.95. The van der Waals surface area contributed by atoms with Crippen molar-refractivity contribution in [3.05, 3.63) is 36.4 Å². The van der Waals surface area contributed by atoms with Crippen LogP contribution in [0, 0.1) is 0 Å². The van der Waals surface area contributed by atoms with Gasteiger partial charge in [0.05, 0.1) is 7.11 Å². The molecule has 1 unspecified atom stereocenters. The van der Waals surface area contributed by atoms with Gasteiger partial charge in [-0.25, -0.2) is 0 Å². The minimum Gasteiger partial charge on any atom is -0.497 e. The largest absolute Gasteiger partial charge is 0.497 e. The van der Waals surface area contributed by atoms with Crippen LogP contribution in [0.4, 0.5) is 5.69 Å². The molecule has 0 heterocycles. The van der Waals surface area contributed by atoms with E-state index < -0.39 is 0 Å². The number of rotatable bonds is 5. The normalized spacial score (nSPS) is 11.6. The predicted molar refractivity (Wildman–Crippen MR) is 69.1 cm³/mol. The van der Waals surface area contributed by atoms with E-state index in [0.29, 0.717) is 17.0 Å². The number of hydrogen-bond donors (Lipinski definition) is 2. The maximum Gasteiger partial charge on any atom is 0.251 e. The van der Waals surface area contributed by atoms with Gasteiger partial charge in [-0.3, -0.25) is 4.79 Å². The summed E-state index contributed by atoms with van der Waals surface area (Å²) in [6, 6.07) is 5.00. The third-order valence-corrected chi connectivity index (χ3v) is 2.32. The third kappa shape index (κ3) is 3.83. The molecule has 3 N–H and O–H groups in total. The maximum atomic E-state index is 11.9. The number of ether oxygens (including phenoxy) is 1. The van der Waals surface area contributed by atoms with Crippen LogP contribution in [0.3, 0.4) is 0 Å². The fourth-order valence-corrected chi connectivity index (χ4v) is 1.49. The molecular weight excluding hydrogens is 216 g/mol. The molecule has 1 rings (SSSR count). The van der Waals surface area contributed by atoms with Gasteiger partial charge in [-0.2, -0.15) is 0 Å². The van der Waals surface area contributed by atoms with Gasteiger partial charge in [0.1, 0.15) is 5.75 Å². The van der Waals surface area contributed by atoms with Crippen molar-refractivity contribution in [2.75, 3.05) is 12.8 Å². The number of benzene rings is 1. The van der Waals surface area contributed by atoms with E-state index >= 15 is 0 Å². The molecule has 1 atom stereocenters. The zero-order valence-electron chi connectivity index (χ0n) is 10.2. The van der Waals surface area contributed by atoms with Crippen molar-refractivity contribution < 1.29 is 9.53 Å². The summed E-state index contributed by atoms with van der Waals surface area (Å²) < 4.78 is 5.06. The molecule has 4 nitrogen and oxygen atoms in total. The second-order valence-electron chi connectivity index (χ2n) is 3.89. The number of nitrogen functional groups attached to an aromatic ring is 1. The van der Waals surface area contributed by atoms with Crippen molar-refractivity contribution in [3.63, 3.8) is 0 Å². The lowest BCUT2D eigenvalue weighted by molar-refractivity contribution is 0.0940. The zero-order valence-corrected chi connectivity index (χ0v) is 10.2. The number of hydrogen-bond acceptors (Lipinski definition) is 3. The lowest BCUT2D eigenvalue weighted by Crippen LogP contribution is -2.32. The highest BCUT2D eigenvalue weighted by Crippen LogP contribution is 2.18. The molecule has 1 aromatic rings. The van der Waals surface area contributed by atoms with Crippen LogP contribution in [-0.2, 0) is 0 Å². The Bertz CT molecular complexity index is 416. The molecule has 0 bridgehead atoms. The quantitative estimate of drug-likeness (QED) is 0.604. The average Bonchev–Trinajstić information content (AvgIpc) is 2.28. The summed E-state index contributed by atoms with van der Waals surface area (Å²) >= 11 is 0. The molecular formula is C13H18N2O2. The van der Waals surface area contributed by atoms with Crippen molar-refractivity contribution >= 4 is 11.6 Å². The summed E-state index contributed by atoms with van der Waals surface area (Å²) in [4.78, 5) is 11.9. The van der Waals surface area contributed by atoms with Crippen LogP contribution in [0.1, 0.15) is 23.7 Å². The number of carbonyl (C=O) groups is 1. The first-order chi connectivity index (χ1) is 8.06. The molecule has 0 radical (unpaired) electrons. The molecule has 0 aliphatic rings. The third-order valence-electron chi connectivity index (χ3n) is 2.32. The van der Waals surface area contributed by atoms with E-state index in [1.54, 1.807) is 24.3 Å². The van der Waals surface area contributed by atoms with E-state index in [0.717, 1.165) is 6.42 Å². The van der Waals surface area contributed by atoms with Crippen LogP contribution < -0.4 is 15.8 Å². The van der Waals surface area contributed by atoms with Gasteiger partial charge >= 0.3 is 0 Å². The number of nitrogens with one attached hydrogen (secondary N) is 1. The van der Waals surface area contributed by atoms with Crippen LogP contribution in [0.2, 0.25) is 0 Å². The van der Waals surface area contributed by atoms with Crippen LogP contribution in [0.5, 0.6) is 5.75 Å². The van der Waals surface area contributed by atoms with Crippen LogP contribution in [-0.4, -0.2) is 19.1 Å². The van der Waals surface area contributed by atoms with E-state index in [1.165, 1.54) is 7.11 Å². The fraction of sp³-hybridized carbons (Fsp3) is 0.308. The molecule has 0 aromatic heterocycles. The molecule has 0 spiro atoms. The Hall–Kier alpha value is -1.97. The van der Waals surface area contributed by atoms with E-state index in [1.807, 2.05) is 6.92 Å². The highest BCUT2D eigenvalue weighted by atomic mass is 16.5. The second-order valence-corrected chi connectivity index (χ2v) is 3.89. The van der Waals surface area contributed by atoms with Crippen LogP contribution >= 0.6 is 0 Å². The molecule has 4 heteroatoms. The topological polar surface area (TPSA) is 64.4 Å². The van der Waals surface area contributed by atoms with Gasteiger partial charge in [-0.1, -0.05) is 6.08 Å². The Morgan fingerprint density at radius 3 is 2.88 bits per heavy atom. The Morgan fingerprint density at radius 1 is 1.59 bits per heavy atom. The molecule has 0 aliphatic heterocycles. The van der Waals surface area contributed by atoms with E-state index in [-0.39, 0.29) is 11.9 Å². The highest BCUT2D eigenvalue weighted by Gasteiger charge is 2.10. The summed E-state index contributed by atoms with van der Waals surface area (Å²) in [5.74, 6) is 0.413. The van der Waals surface area contributed by atoms with Gasteiger partial charge in [-0.05, 0) is 25.5 Å².